The Morgan fingerprint density at radius 1 is 0.625 bits per heavy atom. The van der Waals surface area contributed by atoms with E-state index in [1.54, 1.807) is 12.1 Å². The number of carbonyl (C=O) groups excluding carboxylic acids is 1. The highest BCUT2D eigenvalue weighted by Crippen LogP contribution is 2.61. The van der Waals surface area contributed by atoms with E-state index in [4.69, 9.17) is 11.6 Å². The van der Waals surface area contributed by atoms with Gasteiger partial charge in [0.1, 0.15) is 15.9 Å². The molecule has 0 aliphatic carbocycles. The maximum atomic E-state index is 13.2. The summed E-state index contributed by atoms with van der Waals surface area (Å²) in [6, 6.07) is 40.1. The highest BCUT2D eigenvalue weighted by atomic mass is 127. The van der Waals surface area contributed by atoms with E-state index in [1.165, 1.54) is 5.54 Å². The number of benzene rings is 4. The topological polar surface area (TPSA) is 29.1 Å². The standard InChI is InChI=1S/C27H21ClNOP.HI/c28-21-26(29-27(30)22-13-5-1-6-14-22)31(23-15-7-2-8-16-23,24-17-9-3-10-18-24)25-19-11-4-12-20-25;/h1-21H;1H. The van der Waals surface area contributed by atoms with Crippen molar-refractivity contribution in [2.24, 2.45) is 0 Å². The first-order valence-electron chi connectivity index (χ1n) is 10.00. The van der Waals surface area contributed by atoms with Gasteiger partial charge in [0.25, 0.3) is 5.91 Å². The number of nitrogens with one attached hydrogen (secondary N) is 1. The Morgan fingerprint density at radius 3 is 1.31 bits per heavy atom. The van der Waals surface area contributed by atoms with Crippen LogP contribution in [0.5, 0.6) is 0 Å². The molecule has 0 saturated heterocycles. The highest BCUT2D eigenvalue weighted by Gasteiger charge is 2.50. The van der Waals surface area contributed by atoms with Crippen molar-refractivity contribution in [1.82, 2.24) is 5.32 Å². The van der Waals surface area contributed by atoms with E-state index in [2.05, 4.69) is 41.7 Å². The van der Waals surface area contributed by atoms with Gasteiger partial charge in [-0.1, -0.05) is 84.4 Å². The van der Waals surface area contributed by atoms with Crippen molar-refractivity contribution in [2.75, 3.05) is 0 Å². The Hall–Kier alpha value is -2.46. The van der Waals surface area contributed by atoms with Gasteiger partial charge in [-0.05, 0) is 48.5 Å². The van der Waals surface area contributed by atoms with Crippen molar-refractivity contribution in [2.45, 2.75) is 0 Å². The molecule has 160 valence electrons. The van der Waals surface area contributed by atoms with Crippen LogP contribution in [0.2, 0.25) is 0 Å². The molecule has 0 fully saturated rings. The summed E-state index contributed by atoms with van der Waals surface area (Å²) < 4.78 is 0. The molecule has 0 aliphatic heterocycles. The molecule has 0 aromatic heterocycles. The van der Waals surface area contributed by atoms with Crippen LogP contribution in [0.3, 0.4) is 0 Å². The van der Waals surface area contributed by atoms with Gasteiger partial charge in [-0.2, -0.15) is 0 Å². The third-order valence-electron chi connectivity index (χ3n) is 5.17. The number of hydrogen-bond donors (Lipinski definition) is 1. The molecule has 4 aromatic carbocycles. The molecule has 5 heteroatoms. The molecule has 4 aromatic rings. The van der Waals surface area contributed by atoms with Crippen molar-refractivity contribution in [1.29, 1.82) is 0 Å². The zero-order valence-corrected chi connectivity index (χ0v) is 21.0. The smallest absolute Gasteiger partial charge is 0.258 e. The van der Waals surface area contributed by atoms with E-state index < -0.39 is 7.26 Å². The van der Waals surface area contributed by atoms with E-state index in [1.807, 2.05) is 72.8 Å². The number of carbonyl (C=O) groups is 1. The van der Waals surface area contributed by atoms with E-state index in [-0.39, 0.29) is 29.9 Å². The Morgan fingerprint density at radius 2 is 0.969 bits per heavy atom. The predicted molar refractivity (Wildman–Crippen MR) is 133 cm³/mol. The molecule has 4 rings (SSSR count). The van der Waals surface area contributed by atoms with Gasteiger partial charge < -0.3 is 24.0 Å². The molecule has 1 amide bonds. The molecule has 0 atom stereocenters. The third kappa shape index (κ3) is 4.80. The minimum Gasteiger partial charge on any atom is -1.00 e. The Labute approximate surface area is 211 Å². The molecule has 32 heavy (non-hydrogen) atoms. The van der Waals surface area contributed by atoms with E-state index >= 15 is 0 Å². The molecule has 0 saturated carbocycles. The maximum absolute atomic E-state index is 13.2. The van der Waals surface area contributed by atoms with Crippen LogP contribution < -0.4 is 45.2 Å². The first kappa shape index (κ1) is 24.2. The summed E-state index contributed by atoms with van der Waals surface area (Å²) in [4.78, 5) is 13.2. The summed E-state index contributed by atoms with van der Waals surface area (Å²) in [5.74, 6) is -0.181. The van der Waals surface area contributed by atoms with Crippen LogP contribution in [0.4, 0.5) is 0 Å². The summed E-state index contributed by atoms with van der Waals surface area (Å²) in [6.45, 7) is 0. The monoisotopic (exact) mass is 569 g/mol. The first-order valence-corrected chi connectivity index (χ1v) is 12.2. The lowest BCUT2D eigenvalue weighted by molar-refractivity contribution is -0.0000142. The molecule has 2 nitrogen and oxygen atoms in total. The lowest BCUT2D eigenvalue weighted by Crippen LogP contribution is -3.00. The number of rotatable bonds is 6. The van der Waals surface area contributed by atoms with Crippen LogP contribution >= 0.6 is 18.9 Å². The second-order valence-electron chi connectivity index (χ2n) is 6.99. The first-order chi connectivity index (χ1) is 15.3. The number of hydrogen-bond acceptors (Lipinski definition) is 1. The fourth-order valence-electron chi connectivity index (χ4n) is 3.78. The van der Waals surface area contributed by atoms with Gasteiger partial charge in [0.15, 0.2) is 12.7 Å². The summed E-state index contributed by atoms with van der Waals surface area (Å²) in [5.41, 5.74) is 2.82. The van der Waals surface area contributed by atoms with Crippen LogP contribution in [-0.2, 0) is 0 Å². The molecular weight excluding hydrogens is 548 g/mol. The Kier molecular flexibility index (Phi) is 8.63. The normalized spacial score (nSPS) is 11.3. The van der Waals surface area contributed by atoms with Crippen LogP contribution in [-0.4, -0.2) is 5.91 Å². The van der Waals surface area contributed by atoms with Crippen molar-refractivity contribution in [3.05, 3.63) is 138 Å². The summed E-state index contributed by atoms with van der Waals surface area (Å²) >= 11 is 6.48. The number of amides is 1. The van der Waals surface area contributed by atoms with Gasteiger partial charge in [0.05, 0.1) is 5.54 Å². The van der Waals surface area contributed by atoms with Crippen LogP contribution in [0.15, 0.2) is 132 Å². The lowest BCUT2D eigenvalue weighted by Gasteiger charge is -2.29. The van der Waals surface area contributed by atoms with Crippen molar-refractivity contribution < 1.29 is 28.8 Å². The van der Waals surface area contributed by atoms with E-state index in [0.29, 0.717) is 11.0 Å². The largest absolute Gasteiger partial charge is 1.00 e. The van der Waals surface area contributed by atoms with Gasteiger partial charge in [-0.15, -0.1) is 0 Å². The summed E-state index contributed by atoms with van der Waals surface area (Å²) in [5, 5.41) is 6.51. The van der Waals surface area contributed by atoms with Crippen LogP contribution in [0.25, 0.3) is 0 Å². The number of halogens is 2. The van der Waals surface area contributed by atoms with Gasteiger partial charge in [-0.25, -0.2) is 0 Å². The third-order valence-corrected chi connectivity index (χ3v) is 9.72. The second kappa shape index (κ2) is 11.4. The molecular formula is C27H22ClINOP. The molecule has 0 spiro atoms. The molecule has 1 N–H and O–H groups in total. The quantitative estimate of drug-likeness (QED) is 0.281. The van der Waals surface area contributed by atoms with Crippen molar-refractivity contribution in [3.8, 4) is 0 Å². The summed E-state index contributed by atoms with van der Waals surface area (Å²) in [6.07, 6.45) is 0. The molecule has 0 aliphatic rings. The summed E-state index contributed by atoms with van der Waals surface area (Å²) in [7, 11) is -2.44. The molecule has 0 heterocycles. The Bertz CT molecular complexity index is 1070. The van der Waals surface area contributed by atoms with Crippen LogP contribution in [0, 0.1) is 0 Å². The van der Waals surface area contributed by atoms with Gasteiger partial charge >= 0.3 is 0 Å². The highest BCUT2D eigenvalue weighted by molar-refractivity contribution is 7.99. The zero-order chi connectivity index (χ0) is 21.5. The Balaban J connectivity index is 0.00000289. The molecule has 0 bridgehead atoms. The van der Waals surface area contributed by atoms with E-state index in [9.17, 15) is 4.79 Å². The average molecular weight is 570 g/mol. The SMILES string of the molecule is O=C(NC(=CCl)[P+](c1ccccc1)(c1ccccc1)c1ccccc1)c1ccccc1.[I-]. The van der Waals surface area contributed by atoms with Gasteiger partial charge in [0, 0.05) is 5.56 Å². The minimum absolute atomic E-state index is 0. The maximum Gasteiger partial charge on any atom is 0.258 e. The van der Waals surface area contributed by atoms with Crippen molar-refractivity contribution >= 4 is 40.7 Å². The van der Waals surface area contributed by atoms with Crippen molar-refractivity contribution in [3.63, 3.8) is 0 Å². The average Bonchev–Trinajstić information content (AvgIpc) is 2.86. The van der Waals surface area contributed by atoms with Gasteiger partial charge in [0.2, 0.25) is 0 Å². The fourth-order valence-corrected chi connectivity index (χ4v) is 8.28. The second-order valence-corrected chi connectivity index (χ2v) is 10.6. The van der Waals surface area contributed by atoms with Gasteiger partial charge in [-0.3, -0.25) is 10.1 Å². The predicted octanol–water partition coefficient (Wildman–Crippen LogP) is 2.45. The minimum atomic E-state index is -2.44. The fraction of sp³-hybridized carbons (Fsp3) is 0. The molecule has 0 unspecified atom stereocenters. The van der Waals surface area contributed by atoms with Crippen LogP contribution in [0.1, 0.15) is 10.4 Å². The molecule has 0 radical (unpaired) electrons. The van der Waals surface area contributed by atoms with E-state index in [0.717, 1.165) is 15.9 Å². The zero-order valence-electron chi connectivity index (χ0n) is 17.2. The lowest BCUT2D eigenvalue weighted by atomic mass is 10.2.